The molecule has 2 aromatic carbocycles. The first-order chi connectivity index (χ1) is 13.1. The monoisotopic (exact) mass is 423 g/mol. The smallest absolute Gasteiger partial charge is 0.255 e. The molecule has 0 atom stereocenters. The van der Waals surface area contributed by atoms with E-state index < -0.39 is 26.0 Å². The lowest BCUT2D eigenvalue weighted by Crippen LogP contribution is -2.26. The Morgan fingerprint density at radius 1 is 1.11 bits per heavy atom. The van der Waals surface area contributed by atoms with E-state index in [1.807, 2.05) is 0 Å². The Morgan fingerprint density at radius 3 is 2.46 bits per heavy atom. The van der Waals surface area contributed by atoms with Gasteiger partial charge >= 0.3 is 0 Å². The van der Waals surface area contributed by atoms with E-state index in [2.05, 4.69) is 5.32 Å². The molecule has 2 aromatic rings. The molecule has 8 nitrogen and oxygen atoms in total. The Hall–Kier alpha value is -2.43. The van der Waals surface area contributed by atoms with Gasteiger partial charge in [0.2, 0.25) is 20.0 Å². The van der Waals surface area contributed by atoms with Crippen molar-refractivity contribution in [1.29, 1.82) is 0 Å². The van der Waals surface area contributed by atoms with Crippen molar-refractivity contribution in [3.63, 3.8) is 0 Å². The van der Waals surface area contributed by atoms with Crippen LogP contribution in [0.2, 0.25) is 0 Å². The standard InChI is InChI=1S/C18H21N3O5S2/c1-20(2)28(25,26)17-10-4-3-9-16(17)19-18(22)14-7-5-8-15(13-14)21-11-6-12-27(21,23)24/h3-5,7-10,13H,6,11-12H2,1-2H3,(H,19,22). The summed E-state index contributed by atoms with van der Waals surface area (Å²) in [7, 11) is -4.28. The zero-order valence-electron chi connectivity index (χ0n) is 15.5. The molecular weight excluding hydrogens is 402 g/mol. The molecule has 0 unspecified atom stereocenters. The molecule has 10 heteroatoms. The van der Waals surface area contributed by atoms with Crippen LogP contribution < -0.4 is 9.62 Å². The first kappa shape index (κ1) is 20.3. The molecule has 1 N–H and O–H groups in total. The number of anilines is 2. The molecule has 1 aliphatic heterocycles. The number of rotatable bonds is 5. The van der Waals surface area contributed by atoms with Crippen molar-refractivity contribution in [2.24, 2.45) is 0 Å². The van der Waals surface area contributed by atoms with Gasteiger partial charge in [-0.1, -0.05) is 18.2 Å². The number of sulfonamides is 2. The van der Waals surface area contributed by atoms with Gasteiger partial charge in [-0.3, -0.25) is 9.10 Å². The van der Waals surface area contributed by atoms with E-state index in [1.165, 1.54) is 36.6 Å². The lowest BCUT2D eigenvalue weighted by atomic mass is 10.1. The van der Waals surface area contributed by atoms with Gasteiger partial charge in [0.15, 0.2) is 0 Å². The summed E-state index contributed by atoms with van der Waals surface area (Å²) in [6, 6.07) is 12.4. The van der Waals surface area contributed by atoms with Crippen molar-refractivity contribution in [2.45, 2.75) is 11.3 Å². The third-order valence-electron chi connectivity index (χ3n) is 4.39. The number of hydrogen-bond donors (Lipinski definition) is 1. The van der Waals surface area contributed by atoms with Gasteiger partial charge in [-0.15, -0.1) is 0 Å². The molecule has 0 saturated carbocycles. The zero-order chi connectivity index (χ0) is 20.5. The van der Waals surface area contributed by atoms with Crippen LogP contribution in [-0.4, -0.2) is 53.4 Å². The van der Waals surface area contributed by atoms with Crippen molar-refractivity contribution in [3.05, 3.63) is 54.1 Å². The minimum atomic E-state index is -3.74. The van der Waals surface area contributed by atoms with E-state index in [1.54, 1.807) is 30.3 Å². The third-order valence-corrected chi connectivity index (χ3v) is 8.13. The Labute approximate surface area is 164 Å². The maximum atomic E-state index is 12.7. The maximum absolute atomic E-state index is 12.7. The number of amides is 1. The van der Waals surface area contributed by atoms with Crippen molar-refractivity contribution in [2.75, 3.05) is 36.0 Å². The van der Waals surface area contributed by atoms with Crippen LogP contribution in [0, 0.1) is 0 Å². The SMILES string of the molecule is CN(C)S(=O)(=O)c1ccccc1NC(=O)c1cccc(N2CCCS2(=O)=O)c1. The molecule has 1 saturated heterocycles. The first-order valence-electron chi connectivity index (χ1n) is 8.56. The van der Waals surface area contributed by atoms with Gasteiger partial charge in [0.25, 0.3) is 5.91 Å². The highest BCUT2D eigenvalue weighted by Gasteiger charge is 2.29. The highest BCUT2D eigenvalue weighted by atomic mass is 32.2. The van der Waals surface area contributed by atoms with Crippen LogP contribution in [0.15, 0.2) is 53.4 Å². The fourth-order valence-electron chi connectivity index (χ4n) is 2.92. The van der Waals surface area contributed by atoms with Crippen LogP contribution in [0.3, 0.4) is 0 Å². The molecule has 3 rings (SSSR count). The normalized spacial score (nSPS) is 16.3. The minimum Gasteiger partial charge on any atom is -0.321 e. The van der Waals surface area contributed by atoms with Crippen molar-refractivity contribution in [1.82, 2.24) is 4.31 Å². The minimum absolute atomic E-state index is 0.0216. The van der Waals surface area contributed by atoms with Gasteiger partial charge in [0, 0.05) is 26.2 Å². The average Bonchev–Trinajstić information content (AvgIpc) is 3.01. The summed E-state index contributed by atoms with van der Waals surface area (Å²) in [6.07, 6.45) is 0.536. The second-order valence-corrected chi connectivity index (χ2v) is 10.7. The fraction of sp³-hybridized carbons (Fsp3) is 0.278. The summed E-state index contributed by atoms with van der Waals surface area (Å²) < 4.78 is 51.5. The van der Waals surface area contributed by atoms with E-state index in [9.17, 15) is 21.6 Å². The van der Waals surface area contributed by atoms with Gasteiger partial charge < -0.3 is 5.32 Å². The maximum Gasteiger partial charge on any atom is 0.255 e. The quantitative estimate of drug-likeness (QED) is 0.789. The van der Waals surface area contributed by atoms with Crippen LogP contribution in [-0.2, 0) is 20.0 Å². The topological polar surface area (TPSA) is 104 Å². The number of carbonyl (C=O) groups excluding carboxylic acids is 1. The molecule has 1 fully saturated rings. The van der Waals surface area contributed by atoms with E-state index in [-0.39, 0.29) is 21.9 Å². The van der Waals surface area contributed by atoms with Crippen LogP contribution >= 0.6 is 0 Å². The molecule has 0 bridgehead atoms. The summed E-state index contributed by atoms with van der Waals surface area (Å²) in [4.78, 5) is 12.7. The van der Waals surface area contributed by atoms with E-state index in [0.717, 1.165) is 4.31 Å². The number of nitrogens with one attached hydrogen (secondary N) is 1. The van der Waals surface area contributed by atoms with E-state index in [0.29, 0.717) is 18.7 Å². The van der Waals surface area contributed by atoms with Gasteiger partial charge in [0.1, 0.15) is 4.90 Å². The third kappa shape index (κ3) is 3.89. The first-order valence-corrected chi connectivity index (χ1v) is 11.6. The molecule has 1 heterocycles. The fourth-order valence-corrected chi connectivity index (χ4v) is 5.52. The van der Waals surface area contributed by atoms with Gasteiger partial charge in [-0.05, 0) is 36.8 Å². The number of nitrogens with zero attached hydrogens (tertiary/aromatic N) is 2. The molecule has 0 aromatic heterocycles. The van der Waals surface area contributed by atoms with Crippen molar-refractivity contribution in [3.8, 4) is 0 Å². The van der Waals surface area contributed by atoms with Gasteiger partial charge in [0.05, 0.1) is 17.1 Å². The van der Waals surface area contributed by atoms with Crippen LogP contribution in [0.5, 0.6) is 0 Å². The van der Waals surface area contributed by atoms with Crippen LogP contribution in [0.25, 0.3) is 0 Å². The molecule has 1 aliphatic rings. The highest BCUT2D eigenvalue weighted by molar-refractivity contribution is 7.93. The number of carbonyl (C=O) groups is 1. The summed E-state index contributed by atoms with van der Waals surface area (Å²) in [5.41, 5.74) is 0.802. The molecule has 0 radical (unpaired) electrons. The molecule has 0 aliphatic carbocycles. The number of hydrogen-bond acceptors (Lipinski definition) is 5. The predicted octanol–water partition coefficient (Wildman–Crippen LogP) is 1.73. The van der Waals surface area contributed by atoms with Gasteiger partial charge in [-0.25, -0.2) is 21.1 Å². The molecule has 1 amide bonds. The number of para-hydroxylation sites is 1. The molecular formula is C18H21N3O5S2. The van der Waals surface area contributed by atoms with Gasteiger partial charge in [-0.2, -0.15) is 0 Å². The number of benzene rings is 2. The second kappa shape index (κ2) is 7.53. The second-order valence-electron chi connectivity index (χ2n) is 6.53. The molecule has 0 spiro atoms. The molecule has 28 heavy (non-hydrogen) atoms. The highest BCUT2D eigenvalue weighted by Crippen LogP contribution is 2.26. The lowest BCUT2D eigenvalue weighted by molar-refractivity contribution is 0.102. The van der Waals surface area contributed by atoms with E-state index in [4.69, 9.17) is 0 Å². The van der Waals surface area contributed by atoms with Crippen molar-refractivity contribution >= 4 is 37.3 Å². The Balaban J connectivity index is 1.91. The molecule has 150 valence electrons. The Bertz CT molecular complexity index is 1110. The summed E-state index contributed by atoms with van der Waals surface area (Å²) in [6.45, 7) is 0.372. The summed E-state index contributed by atoms with van der Waals surface area (Å²) in [5, 5.41) is 2.61. The Kier molecular flexibility index (Phi) is 5.46. The average molecular weight is 424 g/mol. The summed E-state index contributed by atoms with van der Waals surface area (Å²) >= 11 is 0. The predicted molar refractivity (Wildman–Crippen MR) is 107 cm³/mol. The largest absolute Gasteiger partial charge is 0.321 e. The lowest BCUT2D eigenvalue weighted by Gasteiger charge is -2.18. The Morgan fingerprint density at radius 2 is 1.82 bits per heavy atom. The summed E-state index contributed by atoms with van der Waals surface area (Å²) in [5.74, 6) is -0.445. The van der Waals surface area contributed by atoms with Crippen LogP contribution in [0.4, 0.5) is 11.4 Å². The van der Waals surface area contributed by atoms with Crippen LogP contribution in [0.1, 0.15) is 16.8 Å². The zero-order valence-corrected chi connectivity index (χ0v) is 17.1. The van der Waals surface area contributed by atoms with E-state index >= 15 is 0 Å². The van der Waals surface area contributed by atoms with Crippen molar-refractivity contribution < 1.29 is 21.6 Å².